The van der Waals surface area contributed by atoms with Crippen LogP contribution in [0.2, 0.25) is 0 Å². The maximum atomic E-state index is 12.2. The van der Waals surface area contributed by atoms with E-state index in [9.17, 15) is 14.7 Å². The van der Waals surface area contributed by atoms with Gasteiger partial charge in [0.2, 0.25) is 5.88 Å². The Morgan fingerprint density at radius 2 is 2.11 bits per heavy atom. The first-order valence-electron chi connectivity index (χ1n) is 9.18. The highest BCUT2D eigenvalue weighted by atomic mass is 32.1. The Morgan fingerprint density at radius 1 is 1.32 bits per heavy atom. The second-order valence-electron chi connectivity index (χ2n) is 6.57. The van der Waals surface area contributed by atoms with Crippen LogP contribution in [-0.2, 0) is 6.54 Å². The lowest BCUT2D eigenvalue weighted by Crippen LogP contribution is -2.21. The lowest BCUT2D eigenvalue weighted by atomic mass is 9.97. The summed E-state index contributed by atoms with van der Waals surface area (Å²) in [6.45, 7) is 0.463. The minimum Gasteiger partial charge on any atom is -0.494 e. The monoisotopic (exact) mass is 398 g/mol. The van der Waals surface area contributed by atoms with Crippen molar-refractivity contribution in [1.29, 1.82) is 0 Å². The van der Waals surface area contributed by atoms with Gasteiger partial charge in [-0.25, -0.2) is 5.43 Å². The van der Waals surface area contributed by atoms with Crippen molar-refractivity contribution in [3.8, 4) is 5.88 Å². The lowest BCUT2D eigenvalue weighted by molar-refractivity contribution is 0.0955. The number of amides is 1. The van der Waals surface area contributed by atoms with Crippen LogP contribution >= 0.6 is 12.2 Å². The third-order valence-corrected chi connectivity index (χ3v) is 4.97. The van der Waals surface area contributed by atoms with E-state index in [1.54, 1.807) is 30.3 Å². The second kappa shape index (κ2) is 9.27. The van der Waals surface area contributed by atoms with Crippen LogP contribution in [0.3, 0.4) is 0 Å². The summed E-state index contributed by atoms with van der Waals surface area (Å²) in [4.78, 5) is 26.7. The summed E-state index contributed by atoms with van der Waals surface area (Å²) in [5, 5.41) is 14.3. The third-order valence-electron chi connectivity index (χ3n) is 4.64. The zero-order valence-corrected chi connectivity index (χ0v) is 16.2. The van der Waals surface area contributed by atoms with Gasteiger partial charge in [0.1, 0.15) is 5.56 Å². The number of rotatable bonds is 6. The van der Waals surface area contributed by atoms with Gasteiger partial charge in [-0.3, -0.25) is 19.1 Å². The van der Waals surface area contributed by atoms with Crippen LogP contribution in [0.15, 0.2) is 51.9 Å². The summed E-state index contributed by atoms with van der Waals surface area (Å²) in [5.74, 6) is -0.673. The van der Waals surface area contributed by atoms with E-state index in [0.717, 1.165) is 25.5 Å². The fourth-order valence-corrected chi connectivity index (χ4v) is 3.37. The zero-order chi connectivity index (χ0) is 19.9. The molecule has 0 saturated heterocycles. The van der Waals surface area contributed by atoms with E-state index in [2.05, 4.69) is 21.6 Å². The molecular formula is C20H22N4O3S. The number of hydrogen-bond acceptors (Lipinski definition) is 5. The van der Waals surface area contributed by atoms with Gasteiger partial charge in [-0.2, -0.15) is 5.10 Å². The van der Waals surface area contributed by atoms with Gasteiger partial charge in [-0.1, -0.05) is 29.8 Å². The van der Waals surface area contributed by atoms with Crippen LogP contribution in [-0.4, -0.2) is 26.8 Å². The van der Waals surface area contributed by atoms with E-state index in [1.165, 1.54) is 23.0 Å². The summed E-state index contributed by atoms with van der Waals surface area (Å²) in [6, 6.07) is 8.57. The standard InChI is InChI=1S/C20H22N4O3S/c25-17(15-9-5-2-6-10-15)23-21-13-16-18(26)22-20(28)24(19(16)27)12-11-14-7-3-1-4-8-14/h2,5-7,9-10,13,27H,1,3-4,8,11-12H2,(H,23,25)(H,22,26,28)/b21-13-. The Morgan fingerprint density at radius 3 is 2.82 bits per heavy atom. The Hall–Kier alpha value is -3.00. The number of H-pyrrole nitrogens is 1. The molecule has 0 unspecified atom stereocenters. The van der Waals surface area contributed by atoms with Crippen LogP contribution in [0, 0.1) is 4.77 Å². The van der Waals surface area contributed by atoms with Crippen LogP contribution in [0.25, 0.3) is 0 Å². The predicted octanol–water partition coefficient (Wildman–Crippen LogP) is 3.27. The van der Waals surface area contributed by atoms with Crippen molar-refractivity contribution >= 4 is 24.3 Å². The van der Waals surface area contributed by atoms with Crippen LogP contribution in [0.5, 0.6) is 5.88 Å². The summed E-state index contributed by atoms with van der Waals surface area (Å²) >= 11 is 5.19. The molecule has 0 spiro atoms. The predicted molar refractivity (Wildman–Crippen MR) is 110 cm³/mol. The normalized spacial score (nSPS) is 14.1. The molecule has 0 atom stereocenters. The van der Waals surface area contributed by atoms with Crippen molar-refractivity contribution in [1.82, 2.24) is 15.0 Å². The van der Waals surface area contributed by atoms with Gasteiger partial charge < -0.3 is 5.11 Å². The number of hydrazone groups is 1. The molecule has 3 rings (SSSR count). The maximum absolute atomic E-state index is 12.2. The van der Waals surface area contributed by atoms with Crippen molar-refractivity contribution < 1.29 is 9.90 Å². The molecule has 0 radical (unpaired) electrons. The van der Waals surface area contributed by atoms with Gasteiger partial charge in [0, 0.05) is 12.1 Å². The molecular weight excluding hydrogens is 376 g/mol. The van der Waals surface area contributed by atoms with E-state index in [4.69, 9.17) is 12.2 Å². The van der Waals surface area contributed by atoms with E-state index in [-0.39, 0.29) is 16.2 Å². The van der Waals surface area contributed by atoms with Crippen molar-refractivity contribution in [2.45, 2.75) is 38.6 Å². The molecule has 1 aromatic carbocycles. The van der Waals surface area contributed by atoms with E-state index < -0.39 is 11.5 Å². The fourth-order valence-electron chi connectivity index (χ4n) is 3.10. The highest BCUT2D eigenvalue weighted by Crippen LogP contribution is 2.22. The molecule has 146 valence electrons. The largest absolute Gasteiger partial charge is 0.494 e. The molecule has 1 amide bonds. The van der Waals surface area contributed by atoms with Gasteiger partial charge in [0.15, 0.2) is 4.77 Å². The molecule has 0 saturated carbocycles. The highest BCUT2D eigenvalue weighted by molar-refractivity contribution is 7.71. The first-order chi connectivity index (χ1) is 13.6. The van der Waals surface area contributed by atoms with Crippen LogP contribution in [0.1, 0.15) is 48.0 Å². The average molecular weight is 398 g/mol. The van der Waals surface area contributed by atoms with Gasteiger partial charge in [0.25, 0.3) is 11.5 Å². The van der Waals surface area contributed by atoms with Gasteiger partial charge >= 0.3 is 0 Å². The van der Waals surface area contributed by atoms with Gasteiger partial charge in [-0.05, 0) is 56.5 Å². The molecule has 2 aromatic rings. The van der Waals surface area contributed by atoms with Crippen molar-refractivity contribution in [3.63, 3.8) is 0 Å². The minimum atomic E-state index is -0.562. The van der Waals surface area contributed by atoms with Crippen LogP contribution < -0.4 is 11.0 Å². The average Bonchev–Trinajstić information content (AvgIpc) is 2.71. The first-order valence-corrected chi connectivity index (χ1v) is 9.59. The summed E-state index contributed by atoms with van der Waals surface area (Å²) in [5.41, 5.74) is 3.50. The van der Waals surface area contributed by atoms with E-state index in [1.807, 2.05) is 0 Å². The van der Waals surface area contributed by atoms with Crippen LogP contribution in [0.4, 0.5) is 0 Å². The fraction of sp³-hybridized carbons (Fsp3) is 0.300. The SMILES string of the molecule is O=C(N/N=C\c1c(O)n(CCC2=CCCCC2)c(=S)[nH]c1=O)c1ccccc1. The smallest absolute Gasteiger partial charge is 0.271 e. The van der Waals surface area contributed by atoms with E-state index in [0.29, 0.717) is 12.1 Å². The van der Waals surface area contributed by atoms with Gasteiger partial charge in [0.05, 0.1) is 6.21 Å². The molecule has 1 aliphatic rings. The van der Waals surface area contributed by atoms with Crippen molar-refractivity contribution in [2.24, 2.45) is 5.10 Å². The lowest BCUT2D eigenvalue weighted by Gasteiger charge is -2.15. The number of benzene rings is 1. The maximum Gasteiger partial charge on any atom is 0.271 e. The number of nitrogens with one attached hydrogen (secondary N) is 2. The van der Waals surface area contributed by atoms with Gasteiger partial charge in [-0.15, -0.1) is 0 Å². The minimum absolute atomic E-state index is 0.0559. The highest BCUT2D eigenvalue weighted by Gasteiger charge is 2.12. The Labute approximate surface area is 167 Å². The number of carbonyl (C=O) groups is 1. The number of hydrogen-bond donors (Lipinski definition) is 3. The number of nitrogens with zero attached hydrogens (tertiary/aromatic N) is 2. The topological polar surface area (TPSA) is 99.5 Å². The first kappa shape index (κ1) is 19.8. The number of allylic oxidation sites excluding steroid dienone is 2. The van der Waals surface area contributed by atoms with E-state index >= 15 is 0 Å². The summed E-state index contributed by atoms with van der Waals surface area (Å²) in [7, 11) is 0. The molecule has 0 bridgehead atoms. The summed E-state index contributed by atoms with van der Waals surface area (Å²) < 4.78 is 1.64. The summed E-state index contributed by atoms with van der Waals surface area (Å²) in [6.07, 6.45) is 8.64. The second-order valence-corrected chi connectivity index (χ2v) is 6.96. The third kappa shape index (κ3) is 4.83. The number of aromatic hydroxyl groups is 1. The molecule has 0 aliphatic heterocycles. The molecule has 3 N–H and O–H groups in total. The number of carbonyl (C=O) groups excluding carboxylic acids is 1. The quantitative estimate of drug-likeness (QED) is 0.301. The molecule has 28 heavy (non-hydrogen) atoms. The molecule has 1 aliphatic carbocycles. The number of aromatic amines is 1. The molecule has 1 aromatic heterocycles. The number of aromatic nitrogens is 2. The molecule has 1 heterocycles. The Bertz CT molecular complexity index is 1020. The molecule has 7 nitrogen and oxygen atoms in total. The molecule has 8 heteroatoms. The van der Waals surface area contributed by atoms with Crippen molar-refractivity contribution in [2.75, 3.05) is 0 Å². The Balaban J connectivity index is 1.75. The van der Waals surface area contributed by atoms with Crippen molar-refractivity contribution in [3.05, 3.63) is 68.2 Å². The molecule has 0 fully saturated rings. The Kier molecular flexibility index (Phi) is 6.54. The zero-order valence-electron chi connectivity index (χ0n) is 15.4.